The first kappa shape index (κ1) is 21.2. The fourth-order valence-electron chi connectivity index (χ4n) is 1.80. The molecule has 0 bridgehead atoms. The van der Waals surface area contributed by atoms with E-state index in [1.54, 1.807) is 0 Å². The van der Waals surface area contributed by atoms with E-state index in [0.717, 1.165) is 3.51 Å². The minimum absolute atomic E-state index is 0. The van der Waals surface area contributed by atoms with Crippen LogP contribution in [0.25, 0.3) is 0 Å². The van der Waals surface area contributed by atoms with Crippen molar-refractivity contribution in [3.63, 3.8) is 0 Å². The second-order valence-corrected chi connectivity index (χ2v) is 8.41. The second kappa shape index (κ2) is 9.39. The fourth-order valence-corrected chi connectivity index (χ4v) is 6.43. The molecule has 4 unspecified atom stereocenters. The van der Waals surface area contributed by atoms with Gasteiger partial charge in [-0.15, -0.1) is 0 Å². The summed E-state index contributed by atoms with van der Waals surface area (Å²) >= 11 is -2.81. The number of benzene rings is 1. The van der Waals surface area contributed by atoms with Crippen LogP contribution in [0.2, 0.25) is 0 Å². The van der Waals surface area contributed by atoms with Crippen molar-refractivity contribution >= 4 is 30.5 Å². The molecule has 8 N–H and O–H groups in total. The molecule has 126 valence electrons. The summed E-state index contributed by atoms with van der Waals surface area (Å²) in [5.41, 5.74) is 0. The molecule has 0 spiro atoms. The van der Waals surface area contributed by atoms with Crippen LogP contribution in [0.15, 0.2) is 30.3 Å². The van der Waals surface area contributed by atoms with Gasteiger partial charge in [0.15, 0.2) is 0 Å². The Labute approximate surface area is 134 Å². The molecule has 1 aromatic carbocycles. The Hall–Kier alpha value is -0.772. The summed E-state index contributed by atoms with van der Waals surface area (Å²) in [5, 5.41) is 37.2. The van der Waals surface area contributed by atoms with Crippen molar-refractivity contribution in [3.05, 3.63) is 30.3 Å². The first-order valence-corrected chi connectivity index (χ1v) is 9.29. The van der Waals surface area contributed by atoms with E-state index in [2.05, 4.69) is 0 Å². The van der Waals surface area contributed by atoms with E-state index in [1.807, 2.05) is 30.3 Å². The predicted molar refractivity (Wildman–Crippen MR) is 75.5 cm³/mol. The molecular formula is C12H19O9Sb. The van der Waals surface area contributed by atoms with Gasteiger partial charge in [0, 0.05) is 0 Å². The van der Waals surface area contributed by atoms with Gasteiger partial charge in [-0.05, 0) is 0 Å². The molecule has 9 nitrogen and oxygen atoms in total. The molecule has 0 amide bonds. The van der Waals surface area contributed by atoms with Crippen molar-refractivity contribution < 1.29 is 42.2 Å². The zero-order valence-electron chi connectivity index (χ0n) is 11.4. The Morgan fingerprint density at radius 3 is 2.27 bits per heavy atom. The van der Waals surface area contributed by atoms with Crippen molar-refractivity contribution in [2.24, 2.45) is 0 Å². The van der Waals surface area contributed by atoms with Crippen LogP contribution in [0.4, 0.5) is 0 Å². The van der Waals surface area contributed by atoms with Crippen LogP contribution in [0.5, 0.6) is 0 Å². The number of carboxylic acids is 1. The summed E-state index contributed by atoms with van der Waals surface area (Å²) in [6, 6.07) is 9.11. The van der Waals surface area contributed by atoms with Gasteiger partial charge in [-0.25, -0.2) is 0 Å². The van der Waals surface area contributed by atoms with Crippen LogP contribution in [0.3, 0.4) is 0 Å². The van der Waals surface area contributed by atoms with Gasteiger partial charge in [-0.2, -0.15) is 0 Å². The maximum absolute atomic E-state index is 10.7. The Bertz CT molecular complexity index is 457. The summed E-state index contributed by atoms with van der Waals surface area (Å²) < 4.78 is 12.1. The van der Waals surface area contributed by atoms with E-state index in [0.29, 0.717) is 0 Å². The van der Waals surface area contributed by atoms with Gasteiger partial charge in [0.1, 0.15) is 0 Å². The third-order valence-electron chi connectivity index (χ3n) is 2.88. The SMILES string of the molecule is O.O.O=C(O)C(O)C(O)C1[O][Sb]([c]2ccccc2)[O]C1CO. The molecular weight excluding hydrogens is 410 g/mol. The first-order chi connectivity index (χ1) is 9.54. The summed E-state index contributed by atoms with van der Waals surface area (Å²) in [5.74, 6) is -1.55. The van der Waals surface area contributed by atoms with Crippen molar-refractivity contribution in [2.45, 2.75) is 24.4 Å². The molecule has 1 saturated heterocycles. The molecule has 1 fully saturated rings. The molecule has 1 aliphatic heterocycles. The van der Waals surface area contributed by atoms with Crippen LogP contribution in [0, 0.1) is 0 Å². The average Bonchev–Trinajstić information content (AvgIpc) is 2.90. The molecule has 0 saturated carbocycles. The maximum atomic E-state index is 10.7. The molecule has 1 heterocycles. The molecule has 1 aromatic rings. The topological polar surface area (TPSA) is 179 Å². The number of carboxylic acid groups (broad SMARTS) is 1. The van der Waals surface area contributed by atoms with Gasteiger partial charge in [0.2, 0.25) is 0 Å². The first-order valence-electron chi connectivity index (χ1n) is 5.93. The standard InChI is InChI=1S/C6H10O7.C6H5.2H2O.Sb/c7-1-2(8)3(9)4(10)5(11)6(12)13;1-2-4-6-5-3-1;;;/h2-5,7,10-11H,1H2,(H,12,13);1-5H;2*1H2;/q-2;;;;+2. The molecule has 0 aromatic heterocycles. The Morgan fingerprint density at radius 1 is 1.18 bits per heavy atom. The van der Waals surface area contributed by atoms with Crippen LogP contribution in [-0.4, -0.2) is 89.4 Å². The van der Waals surface area contributed by atoms with Crippen molar-refractivity contribution in [2.75, 3.05) is 6.61 Å². The van der Waals surface area contributed by atoms with Crippen LogP contribution in [0.1, 0.15) is 0 Å². The molecule has 2 rings (SSSR count). The Balaban J connectivity index is 0.00000220. The Morgan fingerprint density at radius 2 is 1.77 bits per heavy atom. The summed E-state index contributed by atoms with van der Waals surface area (Å²) in [6.07, 6.45) is -5.51. The molecule has 0 radical (unpaired) electrons. The molecule has 10 heteroatoms. The number of carbonyl (C=O) groups is 1. The number of aliphatic hydroxyl groups excluding tert-OH is 3. The van der Waals surface area contributed by atoms with Gasteiger partial charge in [0.25, 0.3) is 0 Å². The predicted octanol–water partition coefficient (Wildman–Crippen LogP) is -3.68. The van der Waals surface area contributed by atoms with E-state index >= 15 is 0 Å². The van der Waals surface area contributed by atoms with E-state index in [-0.39, 0.29) is 11.0 Å². The molecule has 0 aliphatic carbocycles. The van der Waals surface area contributed by atoms with Gasteiger partial charge >= 0.3 is 123 Å². The summed E-state index contributed by atoms with van der Waals surface area (Å²) in [7, 11) is 0. The quantitative estimate of drug-likeness (QED) is 0.348. The van der Waals surface area contributed by atoms with E-state index < -0.39 is 58.0 Å². The zero-order chi connectivity index (χ0) is 14.7. The molecule has 1 aliphatic rings. The van der Waals surface area contributed by atoms with Crippen LogP contribution >= 0.6 is 0 Å². The average molecular weight is 429 g/mol. The van der Waals surface area contributed by atoms with Gasteiger partial charge in [-0.1, -0.05) is 0 Å². The van der Waals surface area contributed by atoms with Gasteiger partial charge in [-0.3, -0.25) is 0 Å². The third kappa shape index (κ3) is 4.61. The third-order valence-corrected chi connectivity index (χ3v) is 7.49. The van der Waals surface area contributed by atoms with Crippen molar-refractivity contribution in [1.29, 1.82) is 0 Å². The van der Waals surface area contributed by atoms with Gasteiger partial charge in [0.05, 0.1) is 0 Å². The molecule has 22 heavy (non-hydrogen) atoms. The van der Waals surface area contributed by atoms with Crippen LogP contribution in [-0.2, 0) is 10.8 Å². The number of aliphatic carboxylic acids is 1. The molecule has 4 atom stereocenters. The number of aliphatic hydroxyl groups is 3. The second-order valence-electron chi connectivity index (χ2n) is 4.26. The summed E-state index contributed by atoms with van der Waals surface area (Å²) in [4.78, 5) is 10.7. The van der Waals surface area contributed by atoms with Gasteiger partial charge < -0.3 is 11.0 Å². The Kier molecular flexibility index (Phi) is 9.06. The van der Waals surface area contributed by atoms with Crippen molar-refractivity contribution in [1.82, 2.24) is 0 Å². The van der Waals surface area contributed by atoms with E-state index in [1.165, 1.54) is 0 Å². The van der Waals surface area contributed by atoms with Crippen molar-refractivity contribution in [3.8, 4) is 0 Å². The normalized spacial score (nSPS) is 24.0. The monoisotopic (exact) mass is 428 g/mol. The number of hydrogen-bond acceptors (Lipinski definition) is 6. The zero-order valence-corrected chi connectivity index (χ0v) is 13.9. The fraction of sp³-hybridized carbons (Fsp3) is 0.417. The number of rotatable bonds is 5. The minimum atomic E-state index is -2.81. The number of hydrogen-bond donors (Lipinski definition) is 4. The van der Waals surface area contributed by atoms with E-state index in [9.17, 15) is 20.1 Å². The summed E-state index contributed by atoms with van der Waals surface area (Å²) in [6.45, 7) is -0.415. The van der Waals surface area contributed by atoms with E-state index in [4.69, 9.17) is 11.1 Å². The van der Waals surface area contributed by atoms with Crippen LogP contribution < -0.4 is 3.51 Å².